The minimum atomic E-state index is -4.46. The highest BCUT2D eigenvalue weighted by molar-refractivity contribution is 7.47. The Morgan fingerprint density at radius 1 is 0.385 bits per heavy atom. The number of rotatable bonds is 72. The van der Waals surface area contributed by atoms with Gasteiger partial charge in [-0.15, -0.1) is 0 Å². The van der Waals surface area contributed by atoms with Crippen LogP contribution in [0.15, 0.2) is 72.9 Å². The molecule has 3 unspecified atom stereocenters. The molecule has 9 nitrogen and oxygen atoms in total. The number of nitrogens with zero attached hydrogens (tertiary/aromatic N) is 1. The zero-order chi connectivity index (χ0) is 66.3. The van der Waals surface area contributed by atoms with Crippen molar-refractivity contribution in [2.75, 3.05) is 40.9 Å². The van der Waals surface area contributed by atoms with Gasteiger partial charge in [-0.25, -0.2) is 4.57 Å². The van der Waals surface area contributed by atoms with Crippen LogP contribution in [0.2, 0.25) is 0 Å². The molecule has 0 saturated heterocycles. The molecule has 1 amide bonds. The Labute approximate surface area is 565 Å². The zero-order valence-corrected chi connectivity index (χ0v) is 62.0. The molecule has 532 valence electrons. The van der Waals surface area contributed by atoms with E-state index in [1.165, 1.54) is 263 Å². The van der Waals surface area contributed by atoms with Crippen LogP contribution >= 0.6 is 7.82 Å². The summed E-state index contributed by atoms with van der Waals surface area (Å²) in [6, 6.07) is -0.854. The summed E-state index contributed by atoms with van der Waals surface area (Å²) in [4.78, 5) is 38.0. The molecule has 0 fully saturated rings. The van der Waals surface area contributed by atoms with E-state index in [0.29, 0.717) is 17.4 Å². The van der Waals surface area contributed by atoms with Gasteiger partial charge in [0.1, 0.15) is 19.3 Å². The van der Waals surface area contributed by atoms with E-state index in [1.807, 2.05) is 33.3 Å². The van der Waals surface area contributed by atoms with E-state index >= 15 is 0 Å². The topological polar surface area (TPSA) is 111 Å². The molecule has 0 rings (SSSR count). The van der Waals surface area contributed by atoms with Gasteiger partial charge in [-0.1, -0.05) is 338 Å². The summed E-state index contributed by atoms with van der Waals surface area (Å²) >= 11 is 0. The fraction of sp³-hybridized carbons (Fsp3) is 0.827. The molecule has 0 spiro atoms. The third-order valence-corrected chi connectivity index (χ3v) is 18.6. The van der Waals surface area contributed by atoms with E-state index in [4.69, 9.17) is 13.8 Å². The van der Waals surface area contributed by atoms with Crippen molar-refractivity contribution in [1.29, 1.82) is 0 Å². The van der Waals surface area contributed by atoms with Gasteiger partial charge in [-0.2, -0.15) is 0 Å². The number of hydrogen-bond donors (Lipinski definition) is 2. The maximum absolute atomic E-state index is 13.7. The number of phosphoric acid groups is 1. The van der Waals surface area contributed by atoms with Crippen molar-refractivity contribution < 1.29 is 37.3 Å². The SMILES string of the molecule is CCCCC/C=C\C/C=C\C/C=C\C/C=C\CCCCCCCCCCCC(=O)OC(/C=C/CCCCCCCCCCCCC)C(COP(=O)(O)OCC[N+](C)(C)C)NC(=O)CCCCCCCCCCCCCCCCCCC/C=C/CCCCCCCC. The van der Waals surface area contributed by atoms with Gasteiger partial charge >= 0.3 is 13.8 Å². The van der Waals surface area contributed by atoms with E-state index in [-0.39, 0.29) is 31.5 Å². The largest absolute Gasteiger partial charge is 0.472 e. The van der Waals surface area contributed by atoms with Crippen LogP contribution in [0.1, 0.15) is 380 Å². The molecule has 0 aliphatic heterocycles. The molecule has 0 aliphatic carbocycles. The van der Waals surface area contributed by atoms with Crippen LogP contribution in [0.4, 0.5) is 0 Å². The van der Waals surface area contributed by atoms with Gasteiger partial charge in [0.2, 0.25) is 5.91 Å². The Morgan fingerprint density at radius 3 is 1.03 bits per heavy atom. The van der Waals surface area contributed by atoms with Crippen LogP contribution in [0, 0.1) is 0 Å². The molecule has 0 aliphatic rings. The number of quaternary nitrogens is 1. The number of allylic oxidation sites excluding steroid dienone is 11. The summed E-state index contributed by atoms with van der Waals surface area (Å²) in [5, 5.41) is 3.08. The quantitative estimate of drug-likeness (QED) is 0.0205. The highest BCUT2D eigenvalue weighted by atomic mass is 31.2. The summed E-state index contributed by atoms with van der Waals surface area (Å²) in [7, 11) is 1.50. The molecule has 0 heterocycles. The number of likely N-dealkylation sites (N-methyl/N-ethyl adjacent to an activating group) is 1. The first kappa shape index (κ1) is 88.5. The highest BCUT2D eigenvalue weighted by Gasteiger charge is 2.30. The van der Waals surface area contributed by atoms with Gasteiger partial charge in [0.25, 0.3) is 0 Å². The van der Waals surface area contributed by atoms with Crippen LogP contribution in [-0.4, -0.2) is 74.3 Å². The van der Waals surface area contributed by atoms with Crippen LogP contribution in [0.3, 0.4) is 0 Å². The average molecular weight is 1300 g/mol. The lowest BCUT2D eigenvalue weighted by atomic mass is 10.0. The maximum Gasteiger partial charge on any atom is 0.472 e. The summed E-state index contributed by atoms with van der Waals surface area (Å²) in [5.74, 6) is -0.496. The number of phosphoric ester groups is 1. The van der Waals surface area contributed by atoms with E-state index in [2.05, 4.69) is 86.8 Å². The lowest BCUT2D eigenvalue weighted by Gasteiger charge is -2.27. The van der Waals surface area contributed by atoms with Crippen molar-refractivity contribution in [3.8, 4) is 0 Å². The van der Waals surface area contributed by atoms with Crippen molar-refractivity contribution in [2.45, 2.75) is 392 Å². The van der Waals surface area contributed by atoms with Gasteiger partial charge in [0.05, 0.1) is 33.8 Å². The van der Waals surface area contributed by atoms with Gasteiger partial charge in [-0.05, 0) is 102 Å². The predicted molar refractivity (Wildman–Crippen MR) is 397 cm³/mol. The summed E-state index contributed by atoms with van der Waals surface area (Å²) < 4.78 is 30.9. The first-order valence-electron chi connectivity index (χ1n) is 39.3. The lowest BCUT2D eigenvalue weighted by molar-refractivity contribution is -0.870. The van der Waals surface area contributed by atoms with Gasteiger partial charge in [-0.3, -0.25) is 18.6 Å². The van der Waals surface area contributed by atoms with E-state index in [0.717, 1.165) is 83.5 Å². The minimum absolute atomic E-state index is 0.0390. The number of nitrogens with one attached hydrogen (secondary N) is 1. The molecular weight excluding hydrogens is 1140 g/mol. The number of carbonyl (C=O) groups excluding carboxylic acids is 2. The van der Waals surface area contributed by atoms with E-state index in [1.54, 1.807) is 0 Å². The van der Waals surface area contributed by atoms with Crippen molar-refractivity contribution in [1.82, 2.24) is 5.32 Å². The number of unbranched alkanes of at least 4 members (excludes halogenated alkanes) is 46. The highest BCUT2D eigenvalue weighted by Crippen LogP contribution is 2.43. The predicted octanol–water partition coefficient (Wildman–Crippen LogP) is 25.5. The maximum atomic E-state index is 13.7. The molecule has 0 saturated carbocycles. The number of hydrogen-bond acceptors (Lipinski definition) is 6. The summed E-state index contributed by atoms with van der Waals surface area (Å²) in [6.45, 7) is 7.03. The van der Waals surface area contributed by atoms with Crippen LogP contribution < -0.4 is 5.32 Å². The fourth-order valence-corrected chi connectivity index (χ4v) is 12.3. The molecule has 0 radical (unpaired) electrons. The lowest BCUT2D eigenvalue weighted by Crippen LogP contribution is -2.47. The second-order valence-corrected chi connectivity index (χ2v) is 29.3. The Morgan fingerprint density at radius 2 is 0.670 bits per heavy atom. The third kappa shape index (κ3) is 71.6. The van der Waals surface area contributed by atoms with E-state index < -0.39 is 20.0 Å². The normalized spacial score (nSPS) is 13.8. The Bertz CT molecular complexity index is 1780. The first-order chi connectivity index (χ1) is 44.4. The zero-order valence-electron chi connectivity index (χ0n) is 61.1. The molecule has 91 heavy (non-hydrogen) atoms. The standard InChI is InChI=1S/C81H151N2O7P/c1-7-10-13-16-19-22-25-28-30-32-34-36-38-40-41-43-44-46-48-50-52-55-58-61-64-67-70-73-80(84)82-78(77-89-91(86,87)88-76-75-83(4,5)6)79(72-69-66-63-60-57-54-27-24-21-18-15-12-9-3)90-81(85)74-71-68-65-62-59-56-53-51-49-47-45-42-39-37-35-33-31-29-26-23-20-17-14-11-8-2/h20,23,28-31,35,37,42,45,69,72,78-79H,7-19,21-22,24-27,32-34,36,38-41,43-44,46-68,70-71,73-77H2,1-6H3,(H-,82,84,86,87)/p+1/b23-20-,30-28+,31-29-,37-35-,45-42-,72-69+. The van der Waals surface area contributed by atoms with Gasteiger partial charge in [0.15, 0.2) is 0 Å². The minimum Gasteiger partial charge on any atom is -0.456 e. The second kappa shape index (κ2) is 70.3. The van der Waals surface area contributed by atoms with Crippen LogP contribution in [-0.2, 0) is 27.9 Å². The molecule has 0 bridgehead atoms. The molecular formula is C81H152N2O7P+. The first-order valence-corrected chi connectivity index (χ1v) is 40.8. The number of carbonyl (C=O) groups is 2. The number of esters is 1. The molecule has 3 atom stereocenters. The monoisotopic (exact) mass is 1300 g/mol. The average Bonchev–Trinajstić information content (AvgIpc) is 3.70. The van der Waals surface area contributed by atoms with Crippen LogP contribution in [0.5, 0.6) is 0 Å². The number of ether oxygens (including phenoxy) is 1. The smallest absolute Gasteiger partial charge is 0.456 e. The number of amides is 1. The Kier molecular flexibility index (Phi) is 68.3. The third-order valence-electron chi connectivity index (χ3n) is 17.6. The van der Waals surface area contributed by atoms with Crippen LogP contribution in [0.25, 0.3) is 0 Å². The Balaban J connectivity index is 4.99. The van der Waals surface area contributed by atoms with Crippen molar-refractivity contribution in [2.24, 2.45) is 0 Å². The summed E-state index contributed by atoms with van der Waals surface area (Å²) in [5.41, 5.74) is 0. The summed E-state index contributed by atoms with van der Waals surface area (Å²) in [6.07, 6.45) is 93.6. The molecule has 0 aromatic carbocycles. The van der Waals surface area contributed by atoms with Gasteiger partial charge < -0.3 is 19.4 Å². The van der Waals surface area contributed by atoms with Crippen molar-refractivity contribution >= 4 is 19.7 Å². The fourth-order valence-electron chi connectivity index (χ4n) is 11.6. The molecule has 2 N–H and O–H groups in total. The second-order valence-electron chi connectivity index (χ2n) is 27.9. The molecule has 0 aromatic heterocycles. The van der Waals surface area contributed by atoms with Crippen molar-refractivity contribution in [3.63, 3.8) is 0 Å². The van der Waals surface area contributed by atoms with Crippen molar-refractivity contribution in [3.05, 3.63) is 72.9 Å². The van der Waals surface area contributed by atoms with Gasteiger partial charge in [0, 0.05) is 12.8 Å². The molecule has 0 aromatic rings. The molecule has 10 heteroatoms. The van der Waals surface area contributed by atoms with E-state index in [9.17, 15) is 19.0 Å². The Hall–Kier alpha value is -2.55.